The molecule has 0 aliphatic carbocycles. The maximum absolute atomic E-state index is 12.5. The molecule has 2 atom stereocenters. The van der Waals surface area contributed by atoms with Crippen LogP contribution in [0.3, 0.4) is 0 Å². The Bertz CT molecular complexity index is 464. The van der Waals surface area contributed by atoms with Crippen molar-refractivity contribution in [1.29, 1.82) is 0 Å². The molecule has 5 nitrogen and oxygen atoms in total. The third-order valence-electron chi connectivity index (χ3n) is 3.33. The Hall–Kier alpha value is -1.37. The minimum atomic E-state index is -0.534. The van der Waals surface area contributed by atoms with Crippen LogP contribution in [0.15, 0.2) is 15.9 Å². The molecule has 1 fully saturated rings. The summed E-state index contributed by atoms with van der Waals surface area (Å²) < 4.78 is 10.4. The third-order valence-corrected chi connectivity index (χ3v) is 3.97. The number of aliphatic imine (C=N–C) groups is 1. The Balaban J connectivity index is 2.10. The zero-order chi connectivity index (χ0) is 13.7. The number of carbonyl (C=O) groups excluding carboxylic acids is 1. The summed E-state index contributed by atoms with van der Waals surface area (Å²) >= 11 is 1.49. The summed E-state index contributed by atoms with van der Waals surface area (Å²) in [6.07, 6.45) is 3.69. The average Bonchev–Trinajstić information content (AvgIpc) is 3.05. The van der Waals surface area contributed by atoms with Gasteiger partial charge in [0.1, 0.15) is 0 Å². The van der Waals surface area contributed by atoms with E-state index in [1.807, 2.05) is 17.2 Å². The van der Waals surface area contributed by atoms with Gasteiger partial charge < -0.3 is 0 Å². The molecule has 1 aromatic heterocycles. The van der Waals surface area contributed by atoms with E-state index in [9.17, 15) is 9.50 Å². The molecule has 2 heterocycles. The Morgan fingerprint density at radius 2 is 2.63 bits per heavy atom. The van der Waals surface area contributed by atoms with E-state index in [1.54, 1.807) is 5.51 Å². The number of hydrogen-bond donors (Lipinski definition) is 0. The predicted octanol–water partition coefficient (Wildman–Crippen LogP) is 1.14. The quantitative estimate of drug-likeness (QED) is 0.599. The third kappa shape index (κ3) is 3.56. The number of likely N-dealkylation sites (tertiary alicyclic amines) is 1. The summed E-state index contributed by atoms with van der Waals surface area (Å²) in [7, 11) is 0.606. The van der Waals surface area contributed by atoms with E-state index in [-0.39, 0.29) is 11.9 Å². The molecule has 19 heavy (non-hydrogen) atoms. The van der Waals surface area contributed by atoms with Crippen molar-refractivity contribution in [2.45, 2.75) is 38.3 Å². The van der Waals surface area contributed by atoms with Crippen LogP contribution in [0.25, 0.3) is 0 Å². The van der Waals surface area contributed by atoms with Crippen molar-refractivity contribution in [3.63, 3.8) is 0 Å². The summed E-state index contributed by atoms with van der Waals surface area (Å²) in [4.78, 5) is 22.6. The Labute approximate surface area is 117 Å². The fourth-order valence-electron chi connectivity index (χ4n) is 2.33. The van der Waals surface area contributed by atoms with Gasteiger partial charge in [-0.3, -0.25) is 0 Å². The minimum absolute atomic E-state index is 0.00361. The first-order chi connectivity index (χ1) is 9.22. The molecular formula is C12H16BN3O2S. The molecule has 0 spiro atoms. The van der Waals surface area contributed by atoms with Crippen LogP contribution in [0, 0.1) is 0 Å². The van der Waals surface area contributed by atoms with Gasteiger partial charge in [0.15, 0.2) is 0 Å². The van der Waals surface area contributed by atoms with Gasteiger partial charge in [-0.25, -0.2) is 0 Å². The molecular weight excluding hydrogens is 261 g/mol. The zero-order valence-corrected chi connectivity index (χ0v) is 11.7. The van der Waals surface area contributed by atoms with E-state index in [4.69, 9.17) is 0 Å². The van der Waals surface area contributed by atoms with Gasteiger partial charge in [-0.15, -0.1) is 0 Å². The first kappa shape index (κ1) is 14.1. The summed E-state index contributed by atoms with van der Waals surface area (Å²) in [6.45, 7) is 2.83. The number of aromatic nitrogens is 1. The topological polar surface area (TPSA) is 62.6 Å². The van der Waals surface area contributed by atoms with Crippen LogP contribution in [0.1, 0.15) is 25.5 Å². The number of thiazole rings is 1. The van der Waals surface area contributed by atoms with Crippen molar-refractivity contribution in [2.75, 3.05) is 6.54 Å². The molecule has 0 radical (unpaired) electrons. The van der Waals surface area contributed by atoms with Crippen LogP contribution < -0.4 is 0 Å². The van der Waals surface area contributed by atoms with E-state index in [1.165, 1.54) is 11.3 Å². The molecule has 0 aromatic carbocycles. The van der Waals surface area contributed by atoms with Crippen LogP contribution in [0.4, 0.5) is 0 Å². The fraction of sp³-hybridized carbons (Fsp3) is 0.583. The normalized spacial score (nSPS) is 20.7. The Kier molecular flexibility index (Phi) is 4.96. The second-order valence-corrected chi connectivity index (χ2v) is 5.38. The first-order valence-corrected chi connectivity index (χ1v) is 7.31. The van der Waals surface area contributed by atoms with E-state index in [2.05, 4.69) is 9.98 Å². The molecule has 1 aromatic rings. The van der Waals surface area contributed by atoms with Gasteiger partial charge in [-0.2, -0.15) is 0 Å². The molecule has 7 heteroatoms. The fourth-order valence-corrected chi connectivity index (χ4v) is 2.90. The van der Waals surface area contributed by atoms with Crippen LogP contribution in [0.5, 0.6) is 0 Å². The van der Waals surface area contributed by atoms with Crippen molar-refractivity contribution in [2.24, 2.45) is 4.99 Å². The Morgan fingerprint density at radius 1 is 1.79 bits per heavy atom. The number of hydrogen-bond acceptors (Lipinski definition) is 5. The van der Waals surface area contributed by atoms with Gasteiger partial charge in [0.25, 0.3) is 0 Å². The molecule has 100 valence electrons. The van der Waals surface area contributed by atoms with Gasteiger partial charge in [-0.1, -0.05) is 0 Å². The van der Waals surface area contributed by atoms with Crippen molar-refractivity contribution in [3.05, 3.63) is 16.6 Å². The van der Waals surface area contributed by atoms with Crippen LogP contribution >= 0.6 is 11.3 Å². The summed E-state index contributed by atoms with van der Waals surface area (Å²) in [5.41, 5.74) is 2.58. The van der Waals surface area contributed by atoms with Gasteiger partial charge in [0.2, 0.25) is 0 Å². The monoisotopic (exact) mass is 277 g/mol. The van der Waals surface area contributed by atoms with Gasteiger partial charge in [0.05, 0.1) is 0 Å². The number of rotatable bonds is 5. The number of nitrogens with zero attached hydrogens (tertiary/aromatic N) is 3. The molecule has 0 N–H and O–H groups in total. The van der Waals surface area contributed by atoms with E-state index in [0.717, 1.165) is 31.2 Å². The molecule has 1 saturated heterocycles. The molecule has 1 unspecified atom stereocenters. The number of carbonyl (C=O) groups is 1. The first-order valence-electron chi connectivity index (χ1n) is 6.37. The summed E-state index contributed by atoms with van der Waals surface area (Å²) in [5, 5.41) is 1.91. The van der Waals surface area contributed by atoms with Crippen molar-refractivity contribution in [3.8, 4) is 0 Å². The summed E-state index contributed by atoms with van der Waals surface area (Å²) in [6, 6.07) is -0.273. The molecule has 1 amide bonds. The van der Waals surface area contributed by atoms with Crippen molar-refractivity contribution in [1.82, 2.24) is 9.88 Å². The summed E-state index contributed by atoms with van der Waals surface area (Å²) in [5.74, 6) is -0.00361. The SMILES string of the molecule is C[C@@H]1CCCN1C(=O)C(Cc1cscn1)/N=C/B=O. The molecule has 1 aliphatic rings. The van der Waals surface area contributed by atoms with E-state index < -0.39 is 6.04 Å². The molecule has 2 rings (SSSR count). The molecule has 1 aliphatic heterocycles. The Morgan fingerprint density at radius 3 is 3.21 bits per heavy atom. The maximum atomic E-state index is 12.5. The average molecular weight is 277 g/mol. The molecule has 0 bridgehead atoms. The molecule has 0 saturated carbocycles. The van der Waals surface area contributed by atoms with Crippen molar-refractivity contribution >= 4 is 30.5 Å². The second kappa shape index (κ2) is 6.70. The standard InChI is InChI=1S/C12H16BN3O2S/c1-9-3-2-4-16(9)12(17)11(14-7-13-18)5-10-6-19-8-15-10/h6-9,11H,2-5H2,1H3/b14-7+/t9-,11?/m1/s1. The zero-order valence-electron chi connectivity index (χ0n) is 10.9. The van der Waals surface area contributed by atoms with Gasteiger partial charge in [-0.05, 0) is 0 Å². The van der Waals surface area contributed by atoms with Crippen molar-refractivity contribution < 1.29 is 9.50 Å². The number of amides is 1. The van der Waals surface area contributed by atoms with Gasteiger partial charge >= 0.3 is 116 Å². The van der Waals surface area contributed by atoms with Crippen LogP contribution in [-0.4, -0.2) is 47.7 Å². The van der Waals surface area contributed by atoms with Crippen LogP contribution in [0.2, 0.25) is 0 Å². The van der Waals surface area contributed by atoms with E-state index >= 15 is 0 Å². The van der Waals surface area contributed by atoms with Gasteiger partial charge in [0, 0.05) is 0 Å². The van der Waals surface area contributed by atoms with E-state index in [0.29, 0.717) is 13.6 Å². The predicted molar refractivity (Wildman–Crippen MR) is 74.9 cm³/mol. The second-order valence-electron chi connectivity index (χ2n) is 4.66. The van der Waals surface area contributed by atoms with Crippen LogP contribution in [-0.2, 0) is 15.9 Å².